The number of hydrogen-bond donors (Lipinski definition) is 0. The molecule has 1 aromatic carbocycles. The molecule has 0 spiro atoms. The quantitative estimate of drug-likeness (QED) is 0.686. The molecule has 0 aliphatic heterocycles. The van der Waals surface area contributed by atoms with Crippen molar-refractivity contribution < 1.29 is 0 Å². The summed E-state index contributed by atoms with van der Waals surface area (Å²) in [5.74, 6) is 0. The maximum absolute atomic E-state index is 4.54. The SMILES string of the molecule is Cc1ccc(-n2cc3cncc(Br)c3n2)cc1. The summed E-state index contributed by atoms with van der Waals surface area (Å²) < 4.78 is 2.79. The Hall–Kier alpha value is -1.68. The molecule has 84 valence electrons. The molecular formula is C13H10BrN3. The Bertz CT molecular complexity index is 671. The second kappa shape index (κ2) is 3.96. The predicted molar refractivity (Wildman–Crippen MR) is 71.3 cm³/mol. The first-order valence-corrected chi connectivity index (χ1v) is 6.09. The lowest BCUT2D eigenvalue weighted by Gasteiger charge is -2.00. The Morgan fingerprint density at radius 1 is 1.12 bits per heavy atom. The third kappa shape index (κ3) is 1.85. The molecule has 0 aliphatic rings. The van der Waals surface area contributed by atoms with E-state index in [1.54, 1.807) is 6.20 Å². The summed E-state index contributed by atoms with van der Waals surface area (Å²) in [6.45, 7) is 2.07. The lowest BCUT2D eigenvalue weighted by Crippen LogP contribution is -1.93. The highest BCUT2D eigenvalue weighted by Gasteiger charge is 2.05. The maximum atomic E-state index is 4.54. The summed E-state index contributed by atoms with van der Waals surface area (Å²) in [7, 11) is 0. The topological polar surface area (TPSA) is 30.7 Å². The van der Waals surface area contributed by atoms with Crippen LogP contribution in [0.25, 0.3) is 16.6 Å². The average Bonchev–Trinajstić information content (AvgIpc) is 2.75. The number of aryl methyl sites for hydroxylation is 1. The molecule has 0 radical (unpaired) electrons. The summed E-state index contributed by atoms with van der Waals surface area (Å²) in [4.78, 5) is 4.13. The molecule has 0 amide bonds. The Labute approximate surface area is 107 Å². The molecule has 0 N–H and O–H groups in total. The molecule has 2 heterocycles. The average molecular weight is 288 g/mol. The van der Waals surface area contributed by atoms with Crippen LogP contribution in [0.1, 0.15) is 5.56 Å². The molecule has 3 aromatic rings. The van der Waals surface area contributed by atoms with Crippen LogP contribution >= 0.6 is 15.9 Å². The zero-order valence-corrected chi connectivity index (χ0v) is 10.8. The van der Waals surface area contributed by atoms with Gasteiger partial charge in [0.15, 0.2) is 0 Å². The van der Waals surface area contributed by atoms with Crippen molar-refractivity contribution in [1.29, 1.82) is 0 Å². The van der Waals surface area contributed by atoms with Gasteiger partial charge in [-0.2, -0.15) is 5.10 Å². The van der Waals surface area contributed by atoms with Crippen molar-refractivity contribution in [3.8, 4) is 5.69 Å². The van der Waals surface area contributed by atoms with Gasteiger partial charge in [-0.15, -0.1) is 0 Å². The summed E-state index contributed by atoms with van der Waals surface area (Å²) in [5, 5.41) is 5.57. The van der Waals surface area contributed by atoms with E-state index in [9.17, 15) is 0 Å². The summed E-state index contributed by atoms with van der Waals surface area (Å²) in [6, 6.07) is 8.27. The number of halogens is 1. The molecule has 0 aliphatic carbocycles. The zero-order chi connectivity index (χ0) is 11.8. The number of fused-ring (bicyclic) bond motifs is 1. The van der Waals surface area contributed by atoms with Crippen LogP contribution in [0.2, 0.25) is 0 Å². The number of hydrogen-bond acceptors (Lipinski definition) is 2. The number of pyridine rings is 1. The van der Waals surface area contributed by atoms with Crippen molar-refractivity contribution in [2.75, 3.05) is 0 Å². The van der Waals surface area contributed by atoms with E-state index in [2.05, 4.69) is 57.2 Å². The van der Waals surface area contributed by atoms with E-state index < -0.39 is 0 Å². The van der Waals surface area contributed by atoms with Crippen LogP contribution in [0.4, 0.5) is 0 Å². The molecule has 0 fully saturated rings. The first-order valence-electron chi connectivity index (χ1n) is 5.30. The largest absolute Gasteiger partial charge is 0.263 e. The van der Waals surface area contributed by atoms with Crippen LogP contribution in [-0.4, -0.2) is 14.8 Å². The Morgan fingerprint density at radius 2 is 1.88 bits per heavy atom. The van der Waals surface area contributed by atoms with Crippen molar-refractivity contribution in [2.24, 2.45) is 0 Å². The molecular weight excluding hydrogens is 278 g/mol. The van der Waals surface area contributed by atoms with Crippen molar-refractivity contribution in [3.05, 3.63) is 52.9 Å². The second-order valence-electron chi connectivity index (χ2n) is 3.97. The van der Waals surface area contributed by atoms with Gasteiger partial charge in [0, 0.05) is 24.0 Å². The van der Waals surface area contributed by atoms with E-state index in [1.165, 1.54) is 5.56 Å². The van der Waals surface area contributed by atoms with Crippen LogP contribution < -0.4 is 0 Å². The summed E-state index contributed by atoms with van der Waals surface area (Å²) in [6.07, 6.45) is 5.56. The van der Waals surface area contributed by atoms with Crippen molar-refractivity contribution in [3.63, 3.8) is 0 Å². The fourth-order valence-corrected chi connectivity index (χ4v) is 2.17. The first-order chi connectivity index (χ1) is 8.24. The van der Waals surface area contributed by atoms with Gasteiger partial charge in [0.2, 0.25) is 0 Å². The maximum Gasteiger partial charge on any atom is 0.110 e. The number of rotatable bonds is 1. The van der Waals surface area contributed by atoms with Gasteiger partial charge in [-0.25, -0.2) is 4.68 Å². The second-order valence-corrected chi connectivity index (χ2v) is 4.82. The third-order valence-electron chi connectivity index (χ3n) is 2.67. The highest BCUT2D eigenvalue weighted by atomic mass is 79.9. The van der Waals surface area contributed by atoms with Crippen LogP contribution in [0.5, 0.6) is 0 Å². The third-order valence-corrected chi connectivity index (χ3v) is 3.25. The molecule has 17 heavy (non-hydrogen) atoms. The van der Waals surface area contributed by atoms with Gasteiger partial charge in [-0.1, -0.05) is 17.7 Å². The monoisotopic (exact) mass is 287 g/mol. The Balaban J connectivity index is 2.18. The minimum absolute atomic E-state index is 0.917. The number of nitrogens with zero attached hydrogens (tertiary/aromatic N) is 3. The van der Waals surface area contributed by atoms with Crippen LogP contribution in [0.15, 0.2) is 47.3 Å². The van der Waals surface area contributed by atoms with Gasteiger partial charge in [-0.3, -0.25) is 4.98 Å². The first kappa shape index (κ1) is 10.5. The molecule has 0 atom stereocenters. The fourth-order valence-electron chi connectivity index (χ4n) is 1.74. The van der Waals surface area contributed by atoms with Crippen LogP contribution in [0, 0.1) is 6.92 Å². The molecule has 4 heteroatoms. The van der Waals surface area contributed by atoms with Gasteiger partial charge in [0.05, 0.1) is 10.2 Å². The molecule has 2 aromatic heterocycles. The molecule has 0 unspecified atom stereocenters. The molecule has 3 rings (SSSR count). The smallest absolute Gasteiger partial charge is 0.110 e. The Kier molecular flexibility index (Phi) is 2.44. The standard InChI is InChI=1S/C13H10BrN3/c1-9-2-4-11(5-3-9)17-8-10-6-15-7-12(14)13(10)16-17/h2-8H,1H3. The number of benzene rings is 1. The minimum atomic E-state index is 0.917. The van der Waals surface area contributed by atoms with Crippen molar-refractivity contribution >= 4 is 26.8 Å². The van der Waals surface area contributed by atoms with Gasteiger partial charge in [0.25, 0.3) is 0 Å². The van der Waals surface area contributed by atoms with E-state index in [1.807, 2.05) is 17.1 Å². The fraction of sp³-hybridized carbons (Fsp3) is 0.0769. The van der Waals surface area contributed by atoms with Crippen molar-refractivity contribution in [1.82, 2.24) is 14.8 Å². The van der Waals surface area contributed by atoms with Gasteiger partial charge in [0.1, 0.15) is 5.52 Å². The molecule has 3 nitrogen and oxygen atoms in total. The lowest BCUT2D eigenvalue weighted by atomic mass is 10.2. The normalized spacial score (nSPS) is 10.9. The summed E-state index contributed by atoms with van der Waals surface area (Å²) in [5.41, 5.74) is 3.23. The van der Waals surface area contributed by atoms with E-state index in [-0.39, 0.29) is 0 Å². The van der Waals surface area contributed by atoms with Crippen LogP contribution in [0.3, 0.4) is 0 Å². The zero-order valence-electron chi connectivity index (χ0n) is 9.26. The van der Waals surface area contributed by atoms with E-state index in [4.69, 9.17) is 0 Å². The molecule has 0 saturated carbocycles. The highest BCUT2D eigenvalue weighted by Crippen LogP contribution is 2.22. The highest BCUT2D eigenvalue weighted by molar-refractivity contribution is 9.10. The molecule has 0 bridgehead atoms. The van der Waals surface area contributed by atoms with E-state index >= 15 is 0 Å². The van der Waals surface area contributed by atoms with E-state index in [0.29, 0.717) is 0 Å². The van der Waals surface area contributed by atoms with Crippen molar-refractivity contribution in [2.45, 2.75) is 6.92 Å². The van der Waals surface area contributed by atoms with E-state index in [0.717, 1.165) is 21.1 Å². The van der Waals surface area contributed by atoms with Gasteiger partial charge >= 0.3 is 0 Å². The molecule has 0 saturated heterocycles. The minimum Gasteiger partial charge on any atom is -0.263 e. The van der Waals surface area contributed by atoms with Gasteiger partial charge in [-0.05, 0) is 35.0 Å². The Morgan fingerprint density at radius 3 is 2.59 bits per heavy atom. The predicted octanol–water partition coefficient (Wildman–Crippen LogP) is 3.49. The lowest BCUT2D eigenvalue weighted by molar-refractivity contribution is 0.895. The van der Waals surface area contributed by atoms with Crippen LogP contribution in [-0.2, 0) is 0 Å². The number of aromatic nitrogens is 3. The summed E-state index contributed by atoms with van der Waals surface area (Å²) >= 11 is 3.46. The van der Waals surface area contributed by atoms with Gasteiger partial charge < -0.3 is 0 Å².